The van der Waals surface area contributed by atoms with Crippen molar-refractivity contribution in [2.45, 2.75) is 32.9 Å². The van der Waals surface area contributed by atoms with Gasteiger partial charge in [0.2, 0.25) is 5.91 Å². The van der Waals surface area contributed by atoms with E-state index in [1.807, 2.05) is 32.7 Å². The number of carbonyl (C=O) groups excluding carboxylic acids is 1. The minimum atomic E-state index is -0.272. The summed E-state index contributed by atoms with van der Waals surface area (Å²) in [6.45, 7) is 7.09. The van der Waals surface area contributed by atoms with Gasteiger partial charge in [-0.1, -0.05) is 6.07 Å². The molecule has 0 saturated carbocycles. The Morgan fingerprint density at radius 3 is 2.76 bits per heavy atom. The Morgan fingerprint density at radius 2 is 2.14 bits per heavy atom. The highest BCUT2D eigenvalue weighted by molar-refractivity contribution is 5.94. The number of amides is 1. The molecule has 0 aliphatic rings. The second-order valence-electron chi connectivity index (χ2n) is 5.26. The number of anilines is 1. The molecule has 114 valence electrons. The van der Waals surface area contributed by atoms with Crippen LogP contribution in [0.2, 0.25) is 0 Å². The van der Waals surface area contributed by atoms with Gasteiger partial charge in [0.15, 0.2) is 0 Å². The maximum absolute atomic E-state index is 12.2. The zero-order valence-corrected chi connectivity index (χ0v) is 13.1. The molecule has 0 aliphatic carbocycles. The number of carbonyl (C=O) groups is 1. The zero-order valence-electron chi connectivity index (χ0n) is 13.1. The van der Waals surface area contributed by atoms with Crippen molar-refractivity contribution in [2.75, 3.05) is 25.5 Å². The van der Waals surface area contributed by atoms with E-state index in [1.165, 1.54) is 0 Å². The van der Waals surface area contributed by atoms with E-state index in [1.54, 1.807) is 24.3 Å². The lowest BCUT2D eigenvalue weighted by atomic mass is 10.2. The number of nitrogens with zero attached hydrogens (tertiary/aromatic N) is 2. The Hall–Kier alpha value is -1.90. The summed E-state index contributed by atoms with van der Waals surface area (Å²) in [4.78, 5) is 14.1. The van der Waals surface area contributed by atoms with Gasteiger partial charge in [-0.2, -0.15) is 5.26 Å². The smallest absolute Gasteiger partial charge is 0.241 e. The molecule has 1 atom stereocenters. The molecule has 0 aliphatic heterocycles. The molecule has 0 saturated heterocycles. The van der Waals surface area contributed by atoms with E-state index in [2.05, 4.69) is 11.4 Å². The fourth-order valence-corrected chi connectivity index (χ4v) is 1.74. The molecule has 0 heterocycles. The number of ether oxygens (including phenoxy) is 1. The summed E-state index contributed by atoms with van der Waals surface area (Å²) in [6, 6.07) is 8.66. The van der Waals surface area contributed by atoms with Crippen LogP contribution in [0.4, 0.5) is 5.69 Å². The maximum Gasteiger partial charge on any atom is 0.241 e. The van der Waals surface area contributed by atoms with Crippen LogP contribution in [0, 0.1) is 11.3 Å². The summed E-state index contributed by atoms with van der Waals surface area (Å²) < 4.78 is 5.48. The van der Waals surface area contributed by atoms with E-state index in [0.29, 0.717) is 24.4 Å². The van der Waals surface area contributed by atoms with Crippen LogP contribution in [0.1, 0.15) is 26.3 Å². The van der Waals surface area contributed by atoms with E-state index in [0.717, 1.165) is 0 Å². The average Bonchev–Trinajstić information content (AvgIpc) is 2.46. The molecular formula is C16H23N3O2. The predicted molar refractivity (Wildman–Crippen MR) is 83.0 cm³/mol. The molecule has 1 aromatic rings. The van der Waals surface area contributed by atoms with Gasteiger partial charge >= 0.3 is 0 Å². The van der Waals surface area contributed by atoms with Crippen LogP contribution < -0.4 is 5.32 Å². The third-order valence-electron chi connectivity index (χ3n) is 3.19. The summed E-state index contributed by atoms with van der Waals surface area (Å²) >= 11 is 0. The van der Waals surface area contributed by atoms with Crippen molar-refractivity contribution in [1.29, 1.82) is 5.26 Å². The van der Waals surface area contributed by atoms with Gasteiger partial charge in [-0.15, -0.1) is 0 Å². The molecule has 0 radical (unpaired) electrons. The Bertz CT molecular complexity index is 508. The highest BCUT2D eigenvalue weighted by atomic mass is 16.5. The summed E-state index contributed by atoms with van der Waals surface area (Å²) in [5.41, 5.74) is 1.16. The van der Waals surface area contributed by atoms with Crippen LogP contribution in [0.15, 0.2) is 24.3 Å². The summed E-state index contributed by atoms with van der Waals surface area (Å²) in [5.74, 6) is -0.0999. The van der Waals surface area contributed by atoms with Gasteiger partial charge in [0.05, 0.1) is 30.4 Å². The summed E-state index contributed by atoms with van der Waals surface area (Å²) in [7, 11) is 1.89. The van der Waals surface area contributed by atoms with E-state index >= 15 is 0 Å². The lowest BCUT2D eigenvalue weighted by Crippen LogP contribution is -2.41. The molecule has 1 amide bonds. The van der Waals surface area contributed by atoms with Crippen LogP contribution >= 0.6 is 0 Å². The van der Waals surface area contributed by atoms with Crippen LogP contribution in [0.5, 0.6) is 0 Å². The van der Waals surface area contributed by atoms with Gasteiger partial charge in [-0.25, -0.2) is 0 Å². The largest absolute Gasteiger partial charge is 0.377 e. The number of hydrogen-bond acceptors (Lipinski definition) is 4. The first kappa shape index (κ1) is 17.2. The molecule has 1 unspecified atom stereocenters. The number of benzene rings is 1. The highest BCUT2D eigenvalue weighted by Crippen LogP contribution is 2.11. The quantitative estimate of drug-likeness (QED) is 0.836. The standard InChI is InChI=1S/C16H23N3O2/c1-12(2)21-9-8-19(4)13(3)16(20)18-15-7-5-6-14(10-15)11-17/h5-7,10,12-13H,8-9H2,1-4H3,(H,18,20). The fraction of sp³-hybridized carbons (Fsp3) is 0.500. The van der Waals surface area contributed by atoms with Crippen LogP contribution in [0.3, 0.4) is 0 Å². The maximum atomic E-state index is 12.2. The molecular weight excluding hydrogens is 266 g/mol. The topological polar surface area (TPSA) is 65.4 Å². The van der Waals surface area contributed by atoms with Crippen LogP contribution in [-0.2, 0) is 9.53 Å². The molecule has 1 aromatic carbocycles. The minimum Gasteiger partial charge on any atom is -0.377 e. The Kier molecular flexibility index (Phi) is 6.86. The van der Waals surface area contributed by atoms with Crippen molar-refractivity contribution in [2.24, 2.45) is 0 Å². The summed E-state index contributed by atoms with van der Waals surface area (Å²) in [6.07, 6.45) is 0.191. The second-order valence-corrected chi connectivity index (χ2v) is 5.26. The lowest BCUT2D eigenvalue weighted by Gasteiger charge is -2.24. The molecule has 0 bridgehead atoms. The van der Waals surface area contributed by atoms with Gasteiger partial charge in [-0.05, 0) is 46.0 Å². The SMILES string of the molecule is CC(C)OCCN(C)C(C)C(=O)Nc1cccc(C#N)c1. The third kappa shape index (κ3) is 5.94. The lowest BCUT2D eigenvalue weighted by molar-refractivity contribution is -0.120. The monoisotopic (exact) mass is 289 g/mol. The number of nitrogens with one attached hydrogen (secondary N) is 1. The van der Waals surface area contributed by atoms with Crippen molar-refractivity contribution in [1.82, 2.24) is 4.90 Å². The average molecular weight is 289 g/mol. The normalized spacial score (nSPS) is 12.2. The highest BCUT2D eigenvalue weighted by Gasteiger charge is 2.18. The van der Waals surface area contributed by atoms with Crippen LogP contribution in [0.25, 0.3) is 0 Å². The molecule has 0 fully saturated rings. The Morgan fingerprint density at radius 1 is 1.43 bits per heavy atom. The molecule has 1 rings (SSSR count). The molecule has 0 aromatic heterocycles. The van der Waals surface area contributed by atoms with Crippen molar-refractivity contribution in [3.05, 3.63) is 29.8 Å². The first-order valence-corrected chi connectivity index (χ1v) is 7.07. The third-order valence-corrected chi connectivity index (χ3v) is 3.19. The van der Waals surface area contributed by atoms with Crippen molar-refractivity contribution >= 4 is 11.6 Å². The zero-order chi connectivity index (χ0) is 15.8. The van der Waals surface area contributed by atoms with Gasteiger partial charge in [0, 0.05) is 12.2 Å². The number of nitriles is 1. The molecule has 21 heavy (non-hydrogen) atoms. The van der Waals surface area contributed by atoms with Gasteiger partial charge < -0.3 is 10.1 Å². The second kappa shape index (κ2) is 8.40. The van der Waals surface area contributed by atoms with Crippen molar-refractivity contribution in [3.63, 3.8) is 0 Å². The number of rotatable bonds is 7. The summed E-state index contributed by atoms with van der Waals surface area (Å²) in [5, 5.41) is 11.7. The molecule has 5 nitrogen and oxygen atoms in total. The fourth-order valence-electron chi connectivity index (χ4n) is 1.74. The molecule has 5 heteroatoms. The Labute approximate surface area is 126 Å². The van der Waals surface area contributed by atoms with Crippen molar-refractivity contribution in [3.8, 4) is 6.07 Å². The van der Waals surface area contributed by atoms with E-state index in [4.69, 9.17) is 10.00 Å². The molecule has 1 N–H and O–H groups in total. The van der Waals surface area contributed by atoms with Gasteiger partial charge in [-0.3, -0.25) is 9.69 Å². The minimum absolute atomic E-state index is 0.0999. The first-order chi connectivity index (χ1) is 9.93. The number of likely N-dealkylation sites (N-methyl/N-ethyl adjacent to an activating group) is 1. The first-order valence-electron chi connectivity index (χ1n) is 7.07. The van der Waals surface area contributed by atoms with Gasteiger partial charge in [0.25, 0.3) is 0 Å². The van der Waals surface area contributed by atoms with E-state index in [-0.39, 0.29) is 18.1 Å². The predicted octanol–water partition coefficient (Wildman–Crippen LogP) is 2.24. The van der Waals surface area contributed by atoms with Crippen LogP contribution in [-0.4, -0.2) is 43.2 Å². The van der Waals surface area contributed by atoms with Crippen molar-refractivity contribution < 1.29 is 9.53 Å². The van der Waals surface area contributed by atoms with E-state index < -0.39 is 0 Å². The number of hydrogen-bond donors (Lipinski definition) is 1. The Balaban J connectivity index is 2.51. The van der Waals surface area contributed by atoms with Gasteiger partial charge in [0.1, 0.15) is 0 Å². The molecule has 0 spiro atoms. The van der Waals surface area contributed by atoms with E-state index in [9.17, 15) is 4.79 Å².